The van der Waals surface area contributed by atoms with Gasteiger partial charge in [-0.25, -0.2) is 0 Å². The zero-order valence-corrected chi connectivity index (χ0v) is 20.3. The molecule has 1 aliphatic heterocycles. The quantitative estimate of drug-likeness (QED) is 0.474. The van der Waals surface area contributed by atoms with Gasteiger partial charge in [0, 0.05) is 25.9 Å². The van der Waals surface area contributed by atoms with E-state index in [1.165, 1.54) is 0 Å². The van der Waals surface area contributed by atoms with Crippen molar-refractivity contribution >= 4 is 11.8 Å². The number of amides is 2. The molecule has 1 N–H and O–H groups in total. The Labute approximate surface area is 206 Å². The third-order valence-corrected chi connectivity index (χ3v) is 6.29. The van der Waals surface area contributed by atoms with Crippen LogP contribution in [0.5, 0.6) is 11.5 Å². The van der Waals surface area contributed by atoms with Gasteiger partial charge >= 0.3 is 0 Å². The number of rotatable bonds is 10. The van der Waals surface area contributed by atoms with Gasteiger partial charge in [-0.3, -0.25) is 9.59 Å². The molecule has 0 saturated carbocycles. The first kappa shape index (κ1) is 24.3. The number of nitrogens with zero attached hydrogens (tertiary/aromatic N) is 1. The predicted molar refractivity (Wildman–Crippen MR) is 135 cm³/mol. The van der Waals surface area contributed by atoms with Crippen LogP contribution in [-0.4, -0.2) is 36.1 Å². The molecule has 0 saturated heterocycles. The number of aryl methyl sites for hydroxylation is 2. The van der Waals surface area contributed by atoms with Crippen molar-refractivity contribution in [2.24, 2.45) is 0 Å². The number of hydrogen-bond donors (Lipinski definition) is 1. The Bertz CT molecular complexity index is 1160. The van der Waals surface area contributed by atoms with Gasteiger partial charge in [-0.1, -0.05) is 60.7 Å². The van der Waals surface area contributed by atoms with E-state index in [0.717, 1.165) is 28.0 Å². The number of likely N-dealkylation sites (N-methyl/N-ethyl adjacent to an activating group) is 1. The summed E-state index contributed by atoms with van der Waals surface area (Å²) in [7, 11) is 0. The molecule has 3 aromatic carbocycles. The molecule has 0 unspecified atom stereocenters. The first-order chi connectivity index (χ1) is 17.0. The number of benzene rings is 3. The van der Waals surface area contributed by atoms with Crippen LogP contribution in [-0.2, 0) is 29.0 Å². The summed E-state index contributed by atoms with van der Waals surface area (Å²) < 4.78 is 10.9. The Hall–Kier alpha value is -3.80. The Kier molecular flexibility index (Phi) is 8.03. The van der Waals surface area contributed by atoms with Crippen molar-refractivity contribution in [1.82, 2.24) is 10.2 Å². The minimum Gasteiger partial charge on any atom is -0.454 e. The molecule has 0 radical (unpaired) electrons. The number of carbonyl (C=O) groups excluding carboxylic acids is 2. The predicted octanol–water partition coefficient (Wildman–Crippen LogP) is 4.43. The van der Waals surface area contributed by atoms with Gasteiger partial charge in [-0.15, -0.1) is 0 Å². The van der Waals surface area contributed by atoms with Gasteiger partial charge in [0.2, 0.25) is 18.6 Å². The lowest BCUT2D eigenvalue weighted by molar-refractivity contribution is -0.141. The van der Waals surface area contributed by atoms with Gasteiger partial charge in [0.25, 0.3) is 0 Å². The highest BCUT2D eigenvalue weighted by Crippen LogP contribution is 2.33. The van der Waals surface area contributed by atoms with Gasteiger partial charge in [-0.2, -0.15) is 0 Å². The van der Waals surface area contributed by atoms with Crippen LogP contribution in [0.1, 0.15) is 35.6 Å². The van der Waals surface area contributed by atoms with Crippen molar-refractivity contribution in [1.29, 1.82) is 0 Å². The van der Waals surface area contributed by atoms with Crippen LogP contribution in [0.25, 0.3) is 0 Å². The molecule has 1 atom stereocenters. The zero-order valence-electron chi connectivity index (χ0n) is 20.3. The molecule has 182 valence electrons. The smallest absolute Gasteiger partial charge is 0.243 e. The Morgan fingerprint density at radius 2 is 1.69 bits per heavy atom. The topological polar surface area (TPSA) is 67.9 Å². The van der Waals surface area contributed by atoms with E-state index in [1.807, 2.05) is 86.6 Å². The first-order valence-electron chi connectivity index (χ1n) is 12.1. The van der Waals surface area contributed by atoms with Crippen molar-refractivity contribution in [3.05, 3.63) is 95.1 Å². The second kappa shape index (κ2) is 11.6. The fraction of sp³-hybridized carbons (Fsp3) is 0.310. The highest BCUT2D eigenvalue weighted by Gasteiger charge is 2.30. The maximum absolute atomic E-state index is 13.7. The average molecular weight is 473 g/mol. The number of fused-ring (bicyclic) bond motifs is 1. The molecule has 0 spiro atoms. The van der Waals surface area contributed by atoms with Crippen LogP contribution in [0.2, 0.25) is 0 Å². The summed E-state index contributed by atoms with van der Waals surface area (Å²) in [6, 6.07) is 23.0. The first-order valence-corrected chi connectivity index (χ1v) is 12.1. The van der Waals surface area contributed by atoms with E-state index in [2.05, 4.69) is 5.32 Å². The van der Waals surface area contributed by atoms with Gasteiger partial charge in [0.15, 0.2) is 11.5 Å². The van der Waals surface area contributed by atoms with Crippen molar-refractivity contribution in [2.75, 3.05) is 13.3 Å². The third kappa shape index (κ3) is 6.21. The minimum atomic E-state index is -0.610. The number of nitrogens with one attached hydrogen (secondary N) is 1. The highest BCUT2D eigenvalue weighted by atomic mass is 16.7. The Morgan fingerprint density at radius 1 is 0.943 bits per heavy atom. The average Bonchev–Trinajstić information content (AvgIpc) is 3.34. The lowest BCUT2D eigenvalue weighted by Crippen LogP contribution is -2.50. The lowest BCUT2D eigenvalue weighted by atomic mass is 10.0. The van der Waals surface area contributed by atoms with Gasteiger partial charge in [0.05, 0.1) is 0 Å². The monoisotopic (exact) mass is 472 g/mol. The van der Waals surface area contributed by atoms with Gasteiger partial charge < -0.3 is 19.7 Å². The molecular formula is C29H32N2O4. The molecule has 3 aromatic rings. The largest absolute Gasteiger partial charge is 0.454 e. The summed E-state index contributed by atoms with van der Waals surface area (Å²) >= 11 is 0. The van der Waals surface area contributed by atoms with Gasteiger partial charge in [0.1, 0.15) is 6.04 Å². The minimum absolute atomic E-state index is 0.0573. The van der Waals surface area contributed by atoms with E-state index in [4.69, 9.17) is 9.47 Å². The molecule has 0 aliphatic carbocycles. The molecular weight excluding hydrogens is 440 g/mol. The summed E-state index contributed by atoms with van der Waals surface area (Å²) in [5.74, 6) is 1.23. The summed E-state index contributed by atoms with van der Waals surface area (Å²) in [5, 5.41) is 2.94. The van der Waals surface area contributed by atoms with Crippen LogP contribution in [0.3, 0.4) is 0 Å². The molecule has 1 heterocycles. The maximum atomic E-state index is 13.7. The second-order valence-corrected chi connectivity index (χ2v) is 8.74. The molecule has 2 amide bonds. The molecule has 6 nitrogen and oxygen atoms in total. The summed E-state index contributed by atoms with van der Waals surface area (Å²) in [5.41, 5.74) is 4.14. The molecule has 0 aromatic heterocycles. The van der Waals surface area contributed by atoms with Crippen molar-refractivity contribution in [2.45, 2.75) is 45.7 Å². The van der Waals surface area contributed by atoms with Crippen LogP contribution < -0.4 is 14.8 Å². The Balaban J connectivity index is 1.59. The highest BCUT2D eigenvalue weighted by molar-refractivity contribution is 5.88. The number of hydrogen-bond acceptors (Lipinski definition) is 4. The lowest BCUT2D eigenvalue weighted by Gasteiger charge is -2.32. The second-order valence-electron chi connectivity index (χ2n) is 8.74. The molecule has 4 rings (SSSR count). The van der Waals surface area contributed by atoms with Crippen LogP contribution in [0.15, 0.2) is 72.8 Å². The molecule has 35 heavy (non-hydrogen) atoms. The SMILES string of the molecule is CCNC(=O)[C@H](Cc1ccccc1)N(Cc1ccccc1C)C(=O)CCc1ccc2c(c1)OCO2. The molecule has 0 bridgehead atoms. The molecule has 0 fully saturated rings. The summed E-state index contributed by atoms with van der Waals surface area (Å²) in [6.45, 7) is 5.03. The van der Waals surface area contributed by atoms with E-state index < -0.39 is 6.04 Å². The summed E-state index contributed by atoms with van der Waals surface area (Å²) in [6.07, 6.45) is 1.29. The van der Waals surface area contributed by atoms with Crippen LogP contribution >= 0.6 is 0 Å². The molecule has 6 heteroatoms. The fourth-order valence-electron chi connectivity index (χ4n) is 4.31. The normalized spacial score (nSPS) is 12.7. The van der Waals surface area contributed by atoms with E-state index in [0.29, 0.717) is 31.7 Å². The van der Waals surface area contributed by atoms with E-state index in [-0.39, 0.29) is 25.0 Å². The Morgan fingerprint density at radius 3 is 2.46 bits per heavy atom. The van der Waals surface area contributed by atoms with E-state index in [1.54, 1.807) is 4.90 Å². The number of ether oxygens (including phenoxy) is 2. The molecule has 1 aliphatic rings. The van der Waals surface area contributed by atoms with Crippen molar-refractivity contribution in [3.63, 3.8) is 0 Å². The fourth-order valence-corrected chi connectivity index (χ4v) is 4.31. The standard InChI is InChI=1S/C29H32N2O4/c1-3-30-29(33)25(17-22-10-5-4-6-11-22)31(19-24-12-8-7-9-21(24)2)28(32)16-14-23-13-15-26-27(18-23)35-20-34-26/h4-13,15,18,25H,3,14,16-17,19-20H2,1-2H3,(H,30,33)/t25-/m0/s1. The van der Waals surface area contributed by atoms with Crippen LogP contribution in [0.4, 0.5) is 0 Å². The zero-order chi connectivity index (χ0) is 24.6. The van der Waals surface area contributed by atoms with Crippen LogP contribution in [0, 0.1) is 6.92 Å². The van der Waals surface area contributed by atoms with Crippen molar-refractivity contribution < 1.29 is 19.1 Å². The maximum Gasteiger partial charge on any atom is 0.243 e. The number of carbonyl (C=O) groups is 2. The van der Waals surface area contributed by atoms with E-state index in [9.17, 15) is 9.59 Å². The third-order valence-electron chi connectivity index (χ3n) is 6.29. The van der Waals surface area contributed by atoms with E-state index >= 15 is 0 Å². The van der Waals surface area contributed by atoms with Gasteiger partial charge in [-0.05, 0) is 54.7 Å². The summed E-state index contributed by atoms with van der Waals surface area (Å²) in [4.78, 5) is 28.7. The van der Waals surface area contributed by atoms with Crippen molar-refractivity contribution in [3.8, 4) is 11.5 Å².